The molecule has 2 N–H and O–H groups in total. The van der Waals surface area contributed by atoms with Crippen molar-refractivity contribution in [3.63, 3.8) is 0 Å². The Labute approximate surface area is 176 Å². The van der Waals surface area contributed by atoms with Crippen LogP contribution < -0.4 is 14.8 Å². The minimum Gasteiger partial charge on any atom is -0.494 e. The molecule has 0 unspecified atom stereocenters. The van der Waals surface area contributed by atoms with Crippen molar-refractivity contribution in [3.05, 3.63) is 34.5 Å². The van der Waals surface area contributed by atoms with E-state index in [1.165, 1.54) is 32.1 Å². The molecule has 7 nitrogen and oxygen atoms in total. The molecule has 1 heterocycles. The Bertz CT molecular complexity index is 923. The van der Waals surface area contributed by atoms with Crippen LogP contribution in [-0.4, -0.2) is 35.2 Å². The SMILES string of the molecule is COC(=O)c1sccc1S(=O)(=O)Nc1ccc(NCCCCC(C)C)cc1OC. The number of carbonyl (C=O) groups is 1. The maximum Gasteiger partial charge on any atom is 0.349 e. The number of sulfonamides is 1. The molecule has 0 fully saturated rings. The van der Waals surface area contributed by atoms with Crippen LogP contribution in [0.4, 0.5) is 11.4 Å². The second-order valence-electron chi connectivity index (χ2n) is 6.94. The number of anilines is 2. The lowest BCUT2D eigenvalue weighted by Gasteiger charge is -2.14. The normalized spacial score (nSPS) is 11.3. The molecule has 0 saturated heterocycles. The molecule has 0 atom stereocenters. The first kappa shape index (κ1) is 23.0. The zero-order chi connectivity index (χ0) is 21.4. The van der Waals surface area contributed by atoms with Gasteiger partial charge in [0.05, 0.1) is 19.9 Å². The van der Waals surface area contributed by atoms with E-state index < -0.39 is 16.0 Å². The van der Waals surface area contributed by atoms with Crippen molar-refractivity contribution in [2.75, 3.05) is 30.8 Å². The molecule has 2 rings (SSSR count). The molecule has 0 aliphatic rings. The third-order valence-electron chi connectivity index (χ3n) is 4.27. The Balaban J connectivity index is 2.11. The number of unbranched alkanes of at least 4 members (excludes halogenated alkanes) is 1. The van der Waals surface area contributed by atoms with E-state index in [1.54, 1.807) is 18.2 Å². The Hall–Kier alpha value is -2.26. The van der Waals surface area contributed by atoms with Crippen LogP contribution in [-0.2, 0) is 14.8 Å². The summed E-state index contributed by atoms with van der Waals surface area (Å²) in [6, 6.07) is 6.54. The topological polar surface area (TPSA) is 93.7 Å². The summed E-state index contributed by atoms with van der Waals surface area (Å²) < 4.78 is 38.0. The van der Waals surface area contributed by atoms with Crippen LogP contribution in [0.1, 0.15) is 42.8 Å². The van der Waals surface area contributed by atoms with Crippen molar-refractivity contribution in [3.8, 4) is 5.75 Å². The highest BCUT2D eigenvalue weighted by atomic mass is 32.2. The van der Waals surface area contributed by atoms with Crippen molar-refractivity contribution >= 4 is 38.7 Å². The van der Waals surface area contributed by atoms with Crippen molar-refractivity contribution in [2.24, 2.45) is 5.92 Å². The van der Waals surface area contributed by atoms with Crippen LogP contribution in [0.3, 0.4) is 0 Å². The van der Waals surface area contributed by atoms with Crippen LogP contribution >= 0.6 is 11.3 Å². The highest BCUT2D eigenvalue weighted by molar-refractivity contribution is 7.93. The molecule has 9 heteroatoms. The molecular formula is C20H28N2O5S2. The number of carbonyl (C=O) groups excluding carboxylic acids is 1. The van der Waals surface area contributed by atoms with Crippen LogP contribution in [0.25, 0.3) is 0 Å². The fourth-order valence-corrected chi connectivity index (χ4v) is 5.15. The number of methoxy groups -OCH3 is 2. The highest BCUT2D eigenvalue weighted by Gasteiger charge is 2.25. The first-order valence-corrected chi connectivity index (χ1v) is 11.7. The number of esters is 1. The highest BCUT2D eigenvalue weighted by Crippen LogP contribution is 2.32. The van der Waals surface area contributed by atoms with Gasteiger partial charge in [-0.2, -0.15) is 0 Å². The van der Waals surface area contributed by atoms with Crippen molar-refractivity contribution in [1.82, 2.24) is 0 Å². The molecule has 29 heavy (non-hydrogen) atoms. The van der Waals surface area contributed by atoms with Crippen LogP contribution in [0.15, 0.2) is 34.5 Å². The van der Waals surface area contributed by atoms with Crippen LogP contribution in [0, 0.1) is 5.92 Å². The standard InChI is InChI=1S/C20H28N2O5S2/c1-14(2)7-5-6-11-21-15-8-9-16(17(13-15)26-3)22-29(24,25)18-10-12-28-19(18)20(23)27-4/h8-10,12-14,21-22H,5-7,11H2,1-4H3. The van der Waals surface area contributed by atoms with Crippen LogP contribution in [0.2, 0.25) is 0 Å². The summed E-state index contributed by atoms with van der Waals surface area (Å²) in [7, 11) is -1.29. The van der Waals surface area contributed by atoms with Crippen LogP contribution in [0.5, 0.6) is 5.75 Å². The molecule has 0 aliphatic heterocycles. The lowest BCUT2D eigenvalue weighted by Crippen LogP contribution is -2.16. The molecule has 1 aromatic heterocycles. The third kappa shape index (κ3) is 6.37. The smallest absolute Gasteiger partial charge is 0.349 e. The second-order valence-corrected chi connectivity index (χ2v) is 9.51. The first-order chi connectivity index (χ1) is 13.8. The monoisotopic (exact) mass is 440 g/mol. The molecular weight excluding hydrogens is 412 g/mol. The summed E-state index contributed by atoms with van der Waals surface area (Å²) in [5.41, 5.74) is 1.14. The van der Waals surface area contributed by atoms with Gasteiger partial charge in [-0.05, 0) is 35.9 Å². The zero-order valence-corrected chi connectivity index (χ0v) is 18.8. The van der Waals surface area contributed by atoms with E-state index >= 15 is 0 Å². The maximum atomic E-state index is 12.8. The summed E-state index contributed by atoms with van der Waals surface area (Å²) in [4.78, 5) is 11.7. The molecule has 160 valence electrons. The number of hydrogen-bond acceptors (Lipinski definition) is 7. The van der Waals surface area contributed by atoms with Crippen molar-refractivity contribution < 1.29 is 22.7 Å². The van der Waals surface area contributed by atoms with Gasteiger partial charge < -0.3 is 14.8 Å². The minimum absolute atomic E-state index is 0.0265. The fourth-order valence-electron chi connectivity index (χ4n) is 2.75. The molecule has 0 bridgehead atoms. The molecule has 0 amide bonds. The van der Waals surface area contributed by atoms with Crippen molar-refractivity contribution in [2.45, 2.75) is 38.0 Å². The molecule has 1 aromatic carbocycles. The average Bonchev–Trinajstić information content (AvgIpc) is 3.18. The molecule has 0 spiro atoms. The van der Waals surface area contributed by atoms with Gasteiger partial charge in [0, 0.05) is 18.3 Å². The van der Waals surface area contributed by atoms with Crippen molar-refractivity contribution in [1.29, 1.82) is 0 Å². The Kier molecular flexibility index (Phi) is 8.33. The summed E-state index contributed by atoms with van der Waals surface area (Å²) >= 11 is 1.01. The zero-order valence-electron chi connectivity index (χ0n) is 17.2. The predicted octanol–water partition coefficient (Wildman–Crippen LogP) is 4.58. The summed E-state index contributed by atoms with van der Waals surface area (Å²) in [6.07, 6.45) is 3.41. The lowest BCUT2D eigenvalue weighted by atomic mass is 10.1. The van der Waals surface area contributed by atoms with E-state index in [2.05, 4.69) is 28.6 Å². The van der Waals surface area contributed by atoms with Gasteiger partial charge in [0.2, 0.25) is 0 Å². The molecule has 0 saturated carbocycles. The molecule has 0 radical (unpaired) electrons. The van der Waals surface area contributed by atoms with E-state index in [4.69, 9.17) is 4.74 Å². The Morgan fingerprint density at radius 1 is 1.17 bits per heavy atom. The van der Waals surface area contributed by atoms with Gasteiger partial charge in [0.25, 0.3) is 10.0 Å². The Morgan fingerprint density at radius 3 is 2.59 bits per heavy atom. The fraction of sp³-hybridized carbons (Fsp3) is 0.450. The van der Waals surface area contributed by atoms with Gasteiger partial charge in [-0.1, -0.05) is 26.7 Å². The lowest BCUT2D eigenvalue weighted by molar-refractivity contribution is 0.0602. The third-order valence-corrected chi connectivity index (χ3v) is 6.70. The number of rotatable bonds is 11. The van der Waals surface area contributed by atoms with E-state index in [0.717, 1.165) is 36.4 Å². The molecule has 2 aromatic rings. The largest absolute Gasteiger partial charge is 0.494 e. The number of ether oxygens (including phenoxy) is 2. The number of hydrogen-bond donors (Lipinski definition) is 2. The summed E-state index contributed by atoms with van der Waals surface area (Å²) in [5.74, 6) is 0.394. The van der Waals surface area contributed by atoms with Gasteiger partial charge in [-0.25, -0.2) is 13.2 Å². The summed E-state index contributed by atoms with van der Waals surface area (Å²) in [6.45, 7) is 5.25. The van der Waals surface area contributed by atoms with E-state index in [9.17, 15) is 13.2 Å². The minimum atomic E-state index is -3.97. The quantitative estimate of drug-likeness (QED) is 0.392. The van der Waals surface area contributed by atoms with Gasteiger partial charge in [-0.3, -0.25) is 4.72 Å². The second kappa shape index (κ2) is 10.5. The van der Waals surface area contributed by atoms with Gasteiger partial charge in [-0.15, -0.1) is 11.3 Å². The maximum absolute atomic E-state index is 12.8. The number of nitrogens with one attached hydrogen (secondary N) is 2. The summed E-state index contributed by atoms with van der Waals surface area (Å²) in [5, 5.41) is 4.86. The molecule has 0 aliphatic carbocycles. The Morgan fingerprint density at radius 2 is 1.93 bits per heavy atom. The van der Waals surface area contributed by atoms with Gasteiger partial charge in [0.15, 0.2) is 0 Å². The van der Waals surface area contributed by atoms with E-state index in [0.29, 0.717) is 17.4 Å². The van der Waals surface area contributed by atoms with Gasteiger partial charge in [0.1, 0.15) is 15.5 Å². The number of benzene rings is 1. The van der Waals surface area contributed by atoms with Gasteiger partial charge >= 0.3 is 5.97 Å². The number of thiophene rings is 1. The predicted molar refractivity (Wildman–Crippen MR) is 117 cm³/mol. The van der Waals surface area contributed by atoms with E-state index in [1.807, 2.05) is 0 Å². The average molecular weight is 441 g/mol. The first-order valence-electron chi connectivity index (χ1n) is 9.39. The van der Waals surface area contributed by atoms with E-state index in [-0.39, 0.29) is 9.77 Å².